The van der Waals surface area contributed by atoms with Gasteiger partial charge in [0.2, 0.25) is 0 Å². The lowest BCUT2D eigenvalue weighted by molar-refractivity contribution is 0.281. The summed E-state index contributed by atoms with van der Waals surface area (Å²) < 4.78 is 0.900. The van der Waals surface area contributed by atoms with E-state index in [9.17, 15) is 5.11 Å². The maximum absolute atomic E-state index is 9.72. The van der Waals surface area contributed by atoms with E-state index in [1.54, 1.807) is 6.33 Å². The van der Waals surface area contributed by atoms with Crippen molar-refractivity contribution in [3.05, 3.63) is 40.9 Å². The van der Waals surface area contributed by atoms with Crippen LogP contribution in [0.4, 0.5) is 11.6 Å². The Morgan fingerprint density at radius 1 is 1.06 bits per heavy atom. The number of fused-ring (bicyclic) bond motifs is 2. The number of aliphatic hydroxyl groups is 1. The maximum atomic E-state index is 9.72. The minimum absolute atomic E-state index is 0.00609. The van der Waals surface area contributed by atoms with Crippen molar-refractivity contribution in [1.29, 1.82) is 0 Å². The van der Waals surface area contributed by atoms with Gasteiger partial charge >= 0.3 is 0 Å². The Hall–Kier alpha value is -2.19. The van der Waals surface area contributed by atoms with E-state index >= 15 is 0 Å². The van der Waals surface area contributed by atoms with E-state index in [0.717, 1.165) is 65.3 Å². The largest absolute Gasteiger partial charge is 0.392 e. The van der Waals surface area contributed by atoms with Crippen LogP contribution < -0.4 is 9.80 Å². The van der Waals surface area contributed by atoms with Crippen molar-refractivity contribution in [3.8, 4) is 0 Å². The Morgan fingerprint density at radius 2 is 1.78 bits per heavy atom. The maximum Gasteiger partial charge on any atom is 0.142 e. The second kappa shape index (κ2) is 9.35. The smallest absolute Gasteiger partial charge is 0.142 e. The predicted molar refractivity (Wildman–Crippen MR) is 133 cm³/mol. The van der Waals surface area contributed by atoms with Crippen molar-refractivity contribution in [2.24, 2.45) is 17.3 Å². The lowest BCUT2D eigenvalue weighted by Gasteiger charge is -2.35. The first-order valence-electron chi connectivity index (χ1n) is 11.3. The molecule has 5 heterocycles. The Kier molecular flexibility index (Phi) is 6.72. The molecule has 7 nitrogen and oxygen atoms in total. The molecule has 5 rings (SSSR count). The van der Waals surface area contributed by atoms with Crippen molar-refractivity contribution in [1.82, 2.24) is 19.9 Å². The summed E-state index contributed by atoms with van der Waals surface area (Å²) in [6.07, 6.45) is 6.51. The van der Waals surface area contributed by atoms with Gasteiger partial charge in [0.15, 0.2) is 0 Å². The molecule has 2 atom stereocenters. The number of rotatable bonds is 3. The molecule has 0 aliphatic carbocycles. The zero-order chi connectivity index (χ0) is 22.9. The Morgan fingerprint density at radius 3 is 2.53 bits per heavy atom. The first-order valence-corrected chi connectivity index (χ1v) is 12.1. The summed E-state index contributed by atoms with van der Waals surface area (Å²) in [6.45, 7) is 12.7. The minimum Gasteiger partial charge on any atom is -0.392 e. The number of nitrogens with zero attached hydrogens (tertiary/aromatic N) is 5. The van der Waals surface area contributed by atoms with E-state index in [4.69, 9.17) is 0 Å². The van der Waals surface area contributed by atoms with Crippen LogP contribution in [0.3, 0.4) is 0 Å². The third-order valence-electron chi connectivity index (χ3n) is 5.81. The van der Waals surface area contributed by atoms with Gasteiger partial charge in [-0.2, -0.15) is 0 Å². The van der Waals surface area contributed by atoms with Gasteiger partial charge in [-0.3, -0.25) is 0 Å². The van der Waals surface area contributed by atoms with E-state index < -0.39 is 0 Å². The zero-order valence-electron chi connectivity index (χ0n) is 19.3. The number of aromatic nitrogens is 4. The van der Waals surface area contributed by atoms with Gasteiger partial charge in [-0.15, -0.1) is 0 Å². The summed E-state index contributed by atoms with van der Waals surface area (Å²) in [4.78, 5) is 21.3. The number of hydrogen-bond acceptors (Lipinski definition) is 6. The zero-order valence-corrected chi connectivity index (χ0v) is 20.9. The van der Waals surface area contributed by atoms with Gasteiger partial charge in [0.05, 0.1) is 12.0 Å². The highest BCUT2D eigenvalue weighted by atomic mass is 79.9. The number of aromatic amines is 1. The average molecular weight is 501 g/mol. The fraction of sp³-hybridized carbons (Fsp3) is 0.542. The number of nitrogens with one attached hydrogen (secondary N) is 1. The molecule has 172 valence electrons. The van der Waals surface area contributed by atoms with Crippen LogP contribution in [0.5, 0.6) is 0 Å². The topological polar surface area (TPSA) is 81.2 Å². The van der Waals surface area contributed by atoms with Gasteiger partial charge < -0.3 is 19.9 Å². The molecule has 2 saturated heterocycles. The molecule has 2 aliphatic heterocycles. The van der Waals surface area contributed by atoms with Crippen LogP contribution in [0, 0.1) is 17.3 Å². The molecule has 2 unspecified atom stereocenters. The number of anilines is 2. The van der Waals surface area contributed by atoms with Crippen molar-refractivity contribution < 1.29 is 5.11 Å². The molecule has 0 spiro atoms. The number of aliphatic hydroxyl groups excluding tert-OH is 1. The van der Waals surface area contributed by atoms with Gasteiger partial charge in [-0.25, -0.2) is 15.0 Å². The third kappa shape index (κ3) is 5.23. The Bertz CT molecular complexity index is 1060. The highest BCUT2D eigenvalue weighted by molar-refractivity contribution is 9.10. The molecule has 32 heavy (non-hydrogen) atoms. The van der Waals surface area contributed by atoms with Gasteiger partial charge in [-0.1, -0.05) is 27.7 Å². The van der Waals surface area contributed by atoms with Crippen LogP contribution in [0.15, 0.2) is 35.3 Å². The van der Waals surface area contributed by atoms with Gasteiger partial charge in [0, 0.05) is 48.6 Å². The summed E-state index contributed by atoms with van der Waals surface area (Å²) in [5, 5.41) is 10.8. The van der Waals surface area contributed by atoms with E-state index in [1.165, 1.54) is 0 Å². The fourth-order valence-corrected chi connectivity index (χ4v) is 4.90. The third-order valence-corrected chi connectivity index (χ3v) is 6.25. The summed E-state index contributed by atoms with van der Waals surface area (Å²) in [7, 11) is 0. The number of hydrogen-bond donors (Lipinski definition) is 2. The Labute approximate surface area is 198 Å². The van der Waals surface area contributed by atoms with Crippen LogP contribution in [0.25, 0.3) is 11.0 Å². The first-order chi connectivity index (χ1) is 15.2. The molecule has 2 fully saturated rings. The number of halogens is 1. The molecular weight excluding hydrogens is 468 g/mol. The molecule has 0 radical (unpaired) electrons. The number of H-pyrrole nitrogens is 1. The predicted octanol–water partition coefficient (Wildman–Crippen LogP) is 4.62. The fourth-order valence-electron chi connectivity index (χ4n) is 4.52. The quantitative estimate of drug-likeness (QED) is 0.545. The molecule has 0 aromatic carbocycles. The molecule has 3 aromatic rings. The van der Waals surface area contributed by atoms with E-state index in [0.29, 0.717) is 17.3 Å². The Balaban J connectivity index is 0.000000444. The van der Waals surface area contributed by atoms with Gasteiger partial charge in [-0.05, 0) is 51.7 Å². The lowest BCUT2D eigenvalue weighted by Crippen LogP contribution is -2.40. The van der Waals surface area contributed by atoms with Crippen molar-refractivity contribution in [2.45, 2.75) is 40.7 Å². The van der Waals surface area contributed by atoms with Crippen molar-refractivity contribution >= 4 is 38.6 Å². The highest BCUT2D eigenvalue weighted by Gasteiger charge is 2.38. The monoisotopic (exact) mass is 500 g/mol. The van der Waals surface area contributed by atoms with E-state index in [1.807, 2.05) is 18.5 Å². The number of pyridine rings is 1. The molecule has 2 N–H and O–H groups in total. The summed E-state index contributed by atoms with van der Waals surface area (Å²) in [5.41, 5.74) is 2.27. The summed E-state index contributed by atoms with van der Waals surface area (Å²) >= 11 is 3.44. The van der Waals surface area contributed by atoms with Crippen LogP contribution in [-0.4, -0.2) is 51.2 Å². The van der Waals surface area contributed by atoms with Crippen molar-refractivity contribution in [2.75, 3.05) is 36.0 Å². The van der Waals surface area contributed by atoms with Gasteiger partial charge in [0.25, 0.3) is 0 Å². The molecule has 0 saturated carbocycles. The van der Waals surface area contributed by atoms with Gasteiger partial charge in [0.1, 0.15) is 23.6 Å². The van der Waals surface area contributed by atoms with E-state index in [-0.39, 0.29) is 6.61 Å². The second-order valence-electron chi connectivity index (χ2n) is 10.4. The van der Waals surface area contributed by atoms with Crippen LogP contribution in [-0.2, 0) is 6.61 Å². The van der Waals surface area contributed by atoms with Crippen molar-refractivity contribution in [3.63, 3.8) is 0 Å². The van der Waals surface area contributed by atoms with Crippen LogP contribution in [0.1, 0.15) is 39.7 Å². The molecule has 2 aliphatic rings. The standard InChI is InChI=1S/C19H21BrN6O.C5H12/c20-15-5-13(10-27)18(22-6-15)26-7-12-2-4-25(8-14(12)9-26)19-16-1-3-21-17(16)23-11-24-19;1-5(2,3)4/h1,3,5-6,11-12,14,27H,2,4,7-10H2,(H,21,23,24);1-4H3. The van der Waals surface area contributed by atoms with E-state index in [2.05, 4.69) is 79.4 Å². The minimum atomic E-state index is 0.00609. The summed E-state index contributed by atoms with van der Waals surface area (Å²) in [6, 6.07) is 4.01. The normalized spacial score (nSPS) is 20.8. The first kappa shape index (κ1) is 23.0. The molecule has 0 amide bonds. The SMILES string of the molecule is CC(C)(C)C.OCc1cc(Br)cnc1N1CC2CCN(c3ncnc4[nH]ccc34)CC2C1. The molecule has 0 bridgehead atoms. The summed E-state index contributed by atoms with van der Waals surface area (Å²) in [5.74, 6) is 3.16. The van der Waals surface area contributed by atoms with Crippen LogP contribution >= 0.6 is 15.9 Å². The lowest BCUT2D eigenvalue weighted by atomic mass is 9.88. The second-order valence-corrected chi connectivity index (χ2v) is 11.3. The molecule has 8 heteroatoms. The molecular formula is C24H33BrN6O. The average Bonchev–Trinajstić information content (AvgIpc) is 3.38. The molecule has 3 aromatic heterocycles. The number of piperidine rings is 1. The highest BCUT2D eigenvalue weighted by Crippen LogP contribution is 2.37. The van der Waals surface area contributed by atoms with Crippen LogP contribution in [0.2, 0.25) is 0 Å².